The average molecular weight is 413 g/mol. The van der Waals surface area contributed by atoms with E-state index in [1.165, 1.54) is 4.40 Å². The van der Waals surface area contributed by atoms with E-state index in [4.69, 9.17) is 0 Å². The van der Waals surface area contributed by atoms with E-state index in [0.29, 0.717) is 11.7 Å². The number of alkyl halides is 3. The van der Waals surface area contributed by atoms with Crippen molar-refractivity contribution in [2.45, 2.75) is 17.5 Å². The highest BCUT2D eigenvalue weighted by molar-refractivity contribution is 7.89. The van der Waals surface area contributed by atoms with Crippen molar-refractivity contribution in [3.63, 3.8) is 0 Å². The zero-order valence-corrected chi connectivity index (χ0v) is 15.0. The Morgan fingerprint density at radius 3 is 2.64 bits per heavy atom. The molecule has 3 rings (SSSR count). The summed E-state index contributed by atoms with van der Waals surface area (Å²) in [5, 5.41) is 10.1. The Balaban J connectivity index is 1.60. The number of fused-ring (bicyclic) bond motifs is 1. The summed E-state index contributed by atoms with van der Waals surface area (Å²) in [4.78, 5) is 11.5. The molecule has 2 aromatic heterocycles. The number of amides is 1. The number of hydrogen-bond acceptors (Lipinski definition) is 5. The molecule has 148 valence electrons. The summed E-state index contributed by atoms with van der Waals surface area (Å²) < 4.78 is 66.1. The second kappa shape index (κ2) is 7.56. The number of carbonyl (C=O) groups excluding carboxylic acids is 1. The van der Waals surface area contributed by atoms with Crippen LogP contribution in [-0.4, -0.2) is 35.5 Å². The van der Waals surface area contributed by atoms with Crippen LogP contribution < -0.4 is 10.0 Å². The van der Waals surface area contributed by atoms with Crippen molar-refractivity contribution in [1.82, 2.24) is 19.3 Å². The fraction of sp³-hybridized carbons (Fsp3) is 0.188. The third-order valence-corrected chi connectivity index (χ3v) is 5.14. The second-order valence-corrected chi connectivity index (χ2v) is 7.44. The molecule has 0 aliphatic rings. The first-order valence-electron chi connectivity index (χ1n) is 7.93. The minimum absolute atomic E-state index is 0.168. The van der Waals surface area contributed by atoms with Crippen molar-refractivity contribution in [2.24, 2.45) is 0 Å². The first kappa shape index (κ1) is 19.8. The minimum Gasteiger partial charge on any atom is -0.294 e. The number of benzene rings is 1. The summed E-state index contributed by atoms with van der Waals surface area (Å²) in [5.74, 6) is -0.369. The highest BCUT2D eigenvalue weighted by atomic mass is 32.2. The highest BCUT2D eigenvalue weighted by Crippen LogP contribution is 2.30. The molecule has 0 bridgehead atoms. The average Bonchev–Trinajstić information content (AvgIpc) is 3.04. The highest BCUT2D eigenvalue weighted by Gasteiger charge is 2.31. The van der Waals surface area contributed by atoms with Gasteiger partial charge in [0.1, 0.15) is 0 Å². The molecule has 0 unspecified atom stereocenters. The van der Waals surface area contributed by atoms with Gasteiger partial charge in [0.15, 0.2) is 5.65 Å². The Hall–Kier alpha value is -2.99. The van der Waals surface area contributed by atoms with Crippen LogP contribution >= 0.6 is 0 Å². The molecule has 0 saturated carbocycles. The van der Waals surface area contributed by atoms with Gasteiger partial charge in [-0.3, -0.25) is 14.5 Å². The van der Waals surface area contributed by atoms with Gasteiger partial charge in [0, 0.05) is 19.2 Å². The SMILES string of the molecule is O=C(CCNS(=O)(=O)c1cccc(C(F)(F)F)c1)Nc1nnc2ccccn12. The number of anilines is 1. The molecule has 0 radical (unpaired) electrons. The van der Waals surface area contributed by atoms with E-state index in [1.807, 2.05) is 0 Å². The zero-order valence-electron chi connectivity index (χ0n) is 14.1. The van der Waals surface area contributed by atoms with Gasteiger partial charge in [-0.15, -0.1) is 10.2 Å². The zero-order chi connectivity index (χ0) is 20.4. The van der Waals surface area contributed by atoms with Gasteiger partial charge in [-0.2, -0.15) is 13.2 Å². The molecule has 28 heavy (non-hydrogen) atoms. The predicted octanol–water partition coefficient (Wildman–Crippen LogP) is 2.06. The summed E-state index contributed by atoms with van der Waals surface area (Å²) in [6.45, 7) is -0.304. The number of hydrogen-bond donors (Lipinski definition) is 2. The Morgan fingerprint density at radius 2 is 1.89 bits per heavy atom. The van der Waals surface area contributed by atoms with Gasteiger partial charge in [0.2, 0.25) is 21.9 Å². The van der Waals surface area contributed by atoms with Crippen LogP contribution in [0, 0.1) is 0 Å². The lowest BCUT2D eigenvalue weighted by Crippen LogP contribution is -2.28. The standard InChI is InChI=1S/C16H14F3N5O3S/c17-16(18,19)11-4-3-5-12(10-11)28(26,27)20-8-7-14(25)21-15-23-22-13-6-1-2-9-24(13)15/h1-6,9-10,20H,7-8H2,(H,21,23,25). The maximum atomic E-state index is 12.7. The lowest BCUT2D eigenvalue weighted by molar-refractivity contribution is -0.137. The van der Waals surface area contributed by atoms with Gasteiger partial charge in [-0.1, -0.05) is 12.1 Å². The van der Waals surface area contributed by atoms with Gasteiger partial charge in [0.05, 0.1) is 10.5 Å². The Labute approximate surface area is 157 Å². The topological polar surface area (TPSA) is 105 Å². The van der Waals surface area contributed by atoms with E-state index in [0.717, 1.165) is 18.2 Å². The van der Waals surface area contributed by atoms with Crippen molar-refractivity contribution in [3.05, 3.63) is 54.2 Å². The molecule has 1 amide bonds. The van der Waals surface area contributed by atoms with Crippen LogP contribution in [0.4, 0.5) is 19.1 Å². The van der Waals surface area contributed by atoms with E-state index in [1.54, 1.807) is 24.4 Å². The van der Waals surface area contributed by atoms with Crippen LogP contribution in [0.3, 0.4) is 0 Å². The van der Waals surface area contributed by atoms with Crippen LogP contribution in [0.2, 0.25) is 0 Å². The van der Waals surface area contributed by atoms with Gasteiger partial charge in [-0.25, -0.2) is 13.1 Å². The van der Waals surface area contributed by atoms with Crippen LogP contribution in [0.25, 0.3) is 5.65 Å². The Morgan fingerprint density at radius 1 is 1.11 bits per heavy atom. The second-order valence-electron chi connectivity index (χ2n) is 5.67. The fourth-order valence-electron chi connectivity index (χ4n) is 2.34. The number of nitrogens with zero attached hydrogens (tertiary/aromatic N) is 3. The van der Waals surface area contributed by atoms with Crippen LogP contribution in [0.1, 0.15) is 12.0 Å². The van der Waals surface area contributed by atoms with Crippen molar-refractivity contribution < 1.29 is 26.4 Å². The largest absolute Gasteiger partial charge is 0.416 e. The number of halogens is 3. The summed E-state index contributed by atoms with van der Waals surface area (Å²) >= 11 is 0. The van der Waals surface area contributed by atoms with Crippen LogP contribution in [0.15, 0.2) is 53.6 Å². The van der Waals surface area contributed by atoms with Crippen molar-refractivity contribution in [2.75, 3.05) is 11.9 Å². The maximum Gasteiger partial charge on any atom is 0.416 e. The molecule has 0 fully saturated rings. The normalized spacial score (nSPS) is 12.2. The van der Waals surface area contributed by atoms with Crippen molar-refractivity contribution >= 4 is 27.5 Å². The van der Waals surface area contributed by atoms with Crippen molar-refractivity contribution in [3.8, 4) is 0 Å². The fourth-order valence-corrected chi connectivity index (χ4v) is 3.41. The molecule has 0 atom stereocenters. The Bertz CT molecular complexity index is 1110. The number of sulfonamides is 1. The van der Waals surface area contributed by atoms with Crippen LogP contribution in [-0.2, 0) is 21.0 Å². The third-order valence-electron chi connectivity index (χ3n) is 3.68. The summed E-state index contributed by atoms with van der Waals surface area (Å²) in [7, 11) is -4.20. The number of aromatic nitrogens is 3. The van der Waals surface area contributed by atoms with E-state index >= 15 is 0 Å². The summed E-state index contributed by atoms with van der Waals surface area (Å²) in [5.41, 5.74) is -0.560. The first-order valence-corrected chi connectivity index (χ1v) is 9.42. The van der Waals surface area contributed by atoms with Gasteiger partial charge in [-0.05, 0) is 30.3 Å². The minimum atomic E-state index is -4.66. The monoisotopic (exact) mass is 413 g/mol. The van der Waals surface area contributed by atoms with E-state index in [2.05, 4.69) is 20.2 Å². The summed E-state index contributed by atoms with van der Waals surface area (Å²) in [6, 6.07) is 8.50. The molecular formula is C16H14F3N5O3S. The molecule has 0 aliphatic carbocycles. The lowest BCUT2D eigenvalue weighted by Gasteiger charge is -2.10. The Kier molecular flexibility index (Phi) is 5.34. The lowest BCUT2D eigenvalue weighted by atomic mass is 10.2. The van der Waals surface area contributed by atoms with Gasteiger partial charge < -0.3 is 0 Å². The molecule has 0 spiro atoms. The number of pyridine rings is 1. The molecule has 3 aromatic rings. The molecule has 12 heteroatoms. The third kappa shape index (κ3) is 4.46. The molecule has 8 nitrogen and oxygen atoms in total. The van der Waals surface area contributed by atoms with E-state index < -0.39 is 32.6 Å². The van der Waals surface area contributed by atoms with E-state index in [-0.39, 0.29) is 18.9 Å². The predicted molar refractivity (Wildman–Crippen MR) is 92.9 cm³/mol. The number of carbonyl (C=O) groups is 1. The van der Waals surface area contributed by atoms with Crippen molar-refractivity contribution in [1.29, 1.82) is 0 Å². The van der Waals surface area contributed by atoms with Crippen LogP contribution in [0.5, 0.6) is 0 Å². The van der Waals surface area contributed by atoms with E-state index in [9.17, 15) is 26.4 Å². The number of rotatable bonds is 6. The molecule has 1 aromatic carbocycles. The smallest absolute Gasteiger partial charge is 0.294 e. The molecule has 2 N–H and O–H groups in total. The molecular weight excluding hydrogens is 399 g/mol. The van der Waals surface area contributed by atoms with Gasteiger partial charge in [0.25, 0.3) is 0 Å². The quantitative estimate of drug-likeness (QED) is 0.644. The van der Waals surface area contributed by atoms with Gasteiger partial charge >= 0.3 is 6.18 Å². The molecule has 2 heterocycles. The first-order chi connectivity index (χ1) is 13.2. The summed E-state index contributed by atoms with van der Waals surface area (Å²) in [6.07, 6.45) is -3.27. The number of nitrogens with one attached hydrogen (secondary N) is 2. The molecule has 0 aliphatic heterocycles. The maximum absolute atomic E-state index is 12.7. The molecule has 0 saturated heterocycles.